The van der Waals surface area contributed by atoms with E-state index in [4.69, 9.17) is 47.4 Å². The van der Waals surface area contributed by atoms with Crippen LogP contribution in [0.15, 0.2) is 0 Å². The van der Waals surface area contributed by atoms with Crippen molar-refractivity contribution in [1.29, 1.82) is 0 Å². The smallest absolute Gasteiger partial charge is 0.186 e. The summed E-state index contributed by atoms with van der Waals surface area (Å²) in [6, 6.07) is 0. The quantitative estimate of drug-likeness (QED) is 0.0492. The first-order valence-corrected chi connectivity index (χ1v) is 21.2. The lowest BCUT2D eigenvalue weighted by molar-refractivity contribution is -0.350. The number of aliphatic hydroxyl groups is 1. The molecular formula is C41H82O11. The van der Waals surface area contributed by atoms with Gasteiger partial charge in [-0.1, -0.05) is 93.4 Å². The lowest BCUT2D eigenvalue weighted by Crippen LogP contribution is -2.63. The minimum Gasteiger partial charge on any atom is -0.381 e. The summed E-state index contributed by atoms with van der Waals surface area (Å²) in [4.78, 5) is 0. The fraction of sp³-hybridized carbons (Fsp3) is 1.00. The van der Waals surface area contributed by atoms with Gasteiger partial charge in [0.2, 0.25) is 0 Å². The highest BCUT2D eigenvalue weighted by Crippen LogP contribution is 2.32. The highest BCUT2D eigenvalue weighted by Gasteiger charge is 2.51. The van der Waals surface area contributed by atoms with Crippen molar-refractivity contribution in [2.24, 2.45) is 0 Å². The number of hydrogen-bond donors (Lipinski definition) is 1. The average molecular weight is 751 g/mol. The number of rotatable bonds is 37. The zero-order valence-corrected chi connectivity index (χ0v) is 34.7. The largest absolute Gasteiger partial charge is 0.381 e. The molecule has 0 saturated carbocycles. The Morgan fingerprint density at radius 3 is 1.56 bits per heavy atom. The van der Waals surface area contributed by atoms with E-state index < -0.39 is 49.2 Å². The normalized spacial score (nSPS) is 23.1. The van der Waals surface area contributed by atoms with Gasteiger partial charge in [0.05, 0.1) is 12.7 Å². The van der Waals surface area contributed by atoms with E-state index in [2.05, 4.69) is 48.5 Å². The molecule has 1 rings (SSSR count). The molecule has 1 aliphatic heterocycles. The number of hydrogen-bond acceptors (Lipinski definition) is 11. The first-order chi connectivity index (χ1) is 25.5. The molecule has 0 aliphatic carbocycles. The number of unbranched alkanes of at least 4 members (excludes halogenated alkanes) is 7. The minimum atomic E-state index is -1.40. The van der Waals surface area contributed by atoms with E-state index in [1.807, 2.05) is 0 Å². The summed E-state index contributed by atoms with van der Waals surface area (Å²) in [6.45, 7) is 19.8. The Hall–Kier alpha value is -0.440. The van der Waals surface area contributed by atoms with Gasteiger partial charge < -0.3 is 52.5 Å². The standard InChI is InChI=1S/C41H82O11/c1-9-16-24-44-31-23-33(46-26-18-11-3)35(47-27-19-12-4)38(50-30-22-15-7)40(42)52-39-37(49-29-21-14-6)36(48-28-20-13-5)34(51-41(39)43-8)32-45-25-17-10-2/h33-42H,9-32H2,1-8H3/t33-,34?,35+,36-,37+,38?,39?,40+,41-/m1/s1. The van der Waals surface area contributed by atoms with E-state index >= 15 is 0 Å². The predicted octanol–water partition coefficient (Wildman–Crippen LogP) is 8.01. The van der Waals surface area contributed by atoms with Crippen molar-refractivity contribution in [2.75, 3.05) is 66.6 Å². The summed E-state index contributed by atoms with van der Waals surface area (Å²) in [7, 11) is 1.59. The molecule has 9 atom stereocenters. The summed E-state index contributed by atoms with van der Waals surface area (Å²) in [5.41, 5.74) is 0. The molecule has 0 aromatic carbocycles. The third-order valence-corrected chi connectivity index (χ3v) is 9.27. The average Bonchev–Trinajstić information content (AvgIpc) is 3.15. The molecule has 0 aromatic heterocycles. The Kier molecular flexibility index (Phi) is 32.3. The molecule has 0 radical (unpaired) electrons. The van der Waals surface area contributed by atoms with E-state index in [1.54, 1.807) is 7.11 Å². The Bertz CT molecular complexity index is 762. The molecule has 1 N–H and O–H groups in total. The van der Waals surface area contributed by atoms with Crippen molar-refractivity contribution in [2.45, 2.75) is 200 Å². The van der Waals surface area contributed by atoms with Gasteiger partial charge in [-0.2, -0.15) is 0 Å². The van der Waals surface area contributed by atoms with Crippen LogP contribution in [0.3, 0.4) is 0 Å². The van der Waals surface area contributed by atoms with E-state index in [0.29, 0.717) is 65.9 Å². The predicted molar refractivity (Wildman–Crippen MR) is 206 cm³/mol. The molecule has 0 spiro atoms. The molecule has 11 nitrogen and oxygen atoms in total. The Morgan fingerprint density at radius 2 is 1.00 bits per heavy atom. The summed E-state index contributed by atoms with van der Waals surface area (Å²) < 4.78 is 63.9. The molecule has 1 aliphatic rings. The molecule has 1 saturated heterocycles. The molecule has 0 amide bonds. The fourth-order valence-corrected chi connectivity index (χ4v) is 5.90. The van der Waals surface area contributed by atoms with Gasteiger partial charge >= 0.3 is 0 Å². The van der Waals surface area contributed by atoms with Crippen molar-refractivity contribution < 1.29 is 52.5 Å². The zero-order chi connectivity index (χ0) is 38.2. The van der Waals surface area contributed by atoms with Crippen LogP contribution in [-0.4, -0.2) is 127 Å². The van der Waals surface area contributed by atoms with Gasteiger partial charge in [0.15, 0.2) is 12.6 Å². The molecule has 0 bridgehead atoms. The first kappa shape index (κ1) is 49.6. The van der Waals surface area contributed by atoms with Gasteiger partial charge in [-0.3, -0.25) is 0 Å². The molecule has 0 aromatic rings. The van der Waals surface area contributed by atoms with Crippen LogP contribution in [0.4, 0.5) is 0 Å². The molecule has 52 heavy (non-hydrogen) atoms. The highest BCUT2D eigenvalue weighted by molar-refractivity contribution is 4.94. The van der Waals surface area contributed by atoms with Crippen LogP contribution in [0.2, 0.25) is 0 Å². The molecule has 312 valence electrons. The van der Waals surface area contributed by atoms with Crippen molar-refractivity contribution in [3.63, 3.8) is 0 Å². The van der Waals surface area contributed by atoms with E-state index in [0.717, 1.165) is 89.9 Å². The van der Waals surface area contributed by atoms with Crippen molar-refractivity contribution in [3.8, 4) is 0 Å². The molecule has 1 heterocycles. The van der Waals surface area contributed by atoms with Crippen molar-refractivity contribution in [3.05, 3.63) is 0 Å². The summed E-state index contributed by atoms with van der Waals surface area (Å²) in [5, 5.41) is 12.2. The van der Waals surface area contributed by atoms with E-state index in [9.17, 15) is 5.11 Å². The summed E-state index contributed by atoms with van der Waals surface area (Å²) in [5.74, 6) is 0. The highest BCUT2D eigenvalue weighted by atomic mass is 16.7. The third kappa shape index (κ3) is 20.5. The maximum absolute atomic E-state index is 12.2. The molecule has 1 fully saturated rings. The van der Waals surface area contributed by atoms with Crippen LogP contribution < -0.4 is 0 Å². The van der Waals surface area contributed by atoms with Crippen LogP contribution in [0.1, 0.15) is 145 Å². The van der Waals surface area contributed by atoms with E-state index in [-0.39, 0.29) is 6.10 Å². The van der Waals surface area contributed by atoms with Gasteiger partial charge in [-0.05, 0) is 51.4 Å². The number of methoxy groups -OCH3 is 1. The van der Waals surface area contributed by atoms with Gasteiger partial charge in [0.25, 0.3) is 0 Å². The lowest BCUT2D eigenvalue weighted by atomic mass is 9.97. The summed E-state index contributed by atoms with van der Waals surface area (Å²) >= 11 is 0. The second kappa shape index (κ2) is 33.9. The fourth-order valence-electron chi connectivity index (χ4n) is 5.90. The third-order valence-electron chi connectivity index (χ3n) is 9.27. The number of ether oxygens (including phenoxy) is 10. The van der Waals surface area contributed by atoms with E-state index in [1.165, 1.54) is 0 Å². The molecule has 3 unspecified atom stereocenters. The Balaban J connectivity index is 3.53. The van der Waals surface area contributed by atoms with Crippen LogP contribution in [0, 0.1) is 0 Å². The summed E-state index contributed by atoms with van der Waals surface area (Å²) in [6.07, 6.45) is 7.57. The number of aliphatic hydroxyl groups excluding tert-OH is 1. The maximum atomic E-state index is 12.2. The van der Waals surface area contributed by atoms with Gasteiger partial charge in [-0.25, -0.2) is 0 Å². The zero-order valence-electron chi connectivity index (χ0n) is 34.7. The molecule has 11 heteroatoms. The van der Waals surface area contributed by atoms with Crippen molar-refractivity contribution >= 4 is 0 Å². The van der Waals surface area contributed by atoms with Crippen molar-refractivity contribution in [1.82, 2.24) is 0 Å². The van der Waals surface area contributed by atoms with Gasteiger partial charge in [-0.15, -0.1) is 0 Å². The maximum Gasteiger partial charge on any atom is 0.186 e. The van der Waals surface area contributed by atoms with Gasteiger partial charge in [0.1, 0.15) is 36.6 Å². The van der Waals surface area contributed by atoms with Crippen LogP contribution in [0.5, 0.6) is 0 Å². The first-order valence-electron chi connectivity index (χ1n) is 21.2. The topological polar surface area (TPSA) is 113 Å². The Labute approximate surface area is 318 Å². The Morgan fingerprint density at radius 1 is 0.519 bits per heavy atom. The van der Waals surface area contributed by atoms with Crippen LogP contribution in [0.25, 0.3) is 0 Å². The second-order valence-corrected chi connectivity index (χ2v) is 14.0. The minimum absolute atomic E-state index is 0.340. The van der Waals surface area contributed by atoms with Crippen LogP contribution >= 0.6 is 0 Å². The monoisotopic (exact) mass is 751 g/mol. The lowest BCUT2D eigenvalue weighted by Gasteiger charge is -2.46. The van der Waals surface area contributed by atoms with Gasteiger partial charge in [0, 0.05) is 60.0 Å². The van der Waals surface area contributed by atoms with Crippen LogP contribution in [-0.2, 0) is 47.4 Å². The molecular weight excluding hydrogens is 668 g/mol. The SMILES string of the molecule is CCCCOCC[C@@H](OCCCC)[C@H](OCCCC)C(OCCCC)[C@@H](O)OC1[C@H](OC)OC(COCCCC)[C@@H](OCCCC)[C@@H]1OCCCC. The second-order valence-electron chi connectivity index (χ2n) is 14.0.